The van der Waals surface area contributed by atoms with Crippen LogP contribution in [0.3, 0.4) is 0 Å². The van der Waals surface area contributed by atoms with E-state index in [4.69, 9.17) is 21.8 Å². The van der Waals surface area contributed by atoms with Crippen molar-refractivity contribution in [1.82, 2.24) is 14.9 Å². The molecule has 1 saturated heterocycles. The Bertz CT molecular complexity index is 947. The van der Waals surface area contributed by atoms with Gasteiger partial charge in [-0.15, -0.1) is 0 Å². The molecule has 1 aliphatic heterocycles. The molecule has 7 nitrogen and oxygen atoms in total. The van der Waals surface area contributed by atoms with Crippen LogP contribution in [0.4, 0.5) is 5.82 Å². The number of amides is 1. The molecule has 0 atom stereocenters. The lowest BCUT2D eigenvalue weighted by Crippen LogP contribution is -2.46. The minimum atomic E-state index is -0.465. The molecular formula is C20H20ClN5O2. The summed E-state index contributed by atoms with van der Waals surface area (Å²) in [5.41, 5.74) is 6.64. The SMILES string of the molecule is NC(=O)c1ccc(N2CCN(Cc3ncc(-c4ccc(Cl)cc4)o3)CC2)nc1. The summed E-state index contributed by atoms with van der Waals surface area (Å²) >= 11 is 5.93. The maximum atomic E-state index is 11.2. The van der Waals surface area contributed by atoms with Crippen LogP contribution in [0, 0.1) is 0 Å². The van der Waals surface area contributed by atoms with Crippen LogP contribution in [-0.2, 0) is 6.54 Å². The molecule has 0 radical (unpaired) electrons. The third-order valence-corrected chi connectivity index (χ3v) is 5.02. The van der Waals surface area contributed by atoms with Crippen molar-refractivity contribution in [1.29, 1.82) is 0 Å². The number of carbonyl (C=O) groups is 1. The van der Waals surface area contributed by atoms with Crippen LogP contribution in [0.15, 0.2) is 53.2 Å². The predicted octanol–water partition coefficient (Wildman–Crippen LogP) is 2.81. The maximum Gasteiger partial charge on any atom is 0.250 e. The van der Waals surface area contributed by atoms with Crippen LogP contribution in [0.2, 0.25) is 5.02 Å². The smallest absolute Gasteiger partial charge is 0.250 e. The zero-order chi connectivity index (χ0) is 19.5. The van der Waals surface area contributed by atoms with E-state index < -0.39 is 5.91 Å². The Morgan fingerprint density at radius 1 is 1.04 bits per heavy atom. The van der Waals surface area contributed by atoms with Gasteiger partial charge in [-0.2, -0.15) is 0 Å². The van der Waals surface area contributed by atoms with Gasteiger partial charge in [0.05, 0.1) is 18.3 Å². The summed E-state index contributed by atoms with van der Waals surface area (Å²) in [6.07, 6.45) is 3.27. The zero-order valence-electron chi connectivity index (χ0n) is 15.2. The molecular weight excluding hydrogens is 378 g/mol. The summed E-state index contributed by atoms with van der Waals surface area (Å²) in [7, 11) is 0. The normalized spacial score (nSPS) is 15.0. The molecule has 144 valence electrons. The van der Waals surface area contributed by atoms with Crippen molar-refractivity contribution in [3.05, 3.63) is 65.3 Å². The van der Waals surface area contributed by atoms with Crippen LogP contribution >= 0.6 is 11.6 Å². The molecule has 2 N–H and O–H groups in total. The Labute approximate surface area is 167 Å². The van der Waals surface area contributed by atoms with Crippen molar-refractivity contribution in [2.75, 3.05) is 31.1 Å². The molecule has 1 fully saturated rings. The number of anilines is 1. The van der Waals surface area contributed by atoms with Crippen LogP contribution < -0.4 is 10.6 Å². The molecule has 0 aliphatic carbocycles. The number of hydrogen-bond donors (Lipinski definition) is 1. The molecule has 0 bridgehead atoms. The first-order chi connectivity index (χ1) is 13.6. The van der Waals surface area contributed by atoms with E-state index in [1.165, 1.54) is 6.20 Å². The molecule has 2 aromatic heterocycles. The summed E-state index contributed by atoms with van der Waals surface area (Å²) in [5.74, 6) is 1.82. The van der Waals surface area contributed by atoms with E-state index in [1.807, 2.05) is 30.3 Å². The van der Waals surface area contributed by atoms with Gasteiger partial charge >= 0.3 is 0 Å². The second kappa shape index (κ2) is 8.00. The summed E-state index contributed by atoms with van der Waals surface area (Å²) in [6, 6.07) is 11.1. The maximum absolute atomic E-state index is 11.2. The van der Waals surface area contributed by atoms with Crippen molar-refractivity contribution in [2.24, 2.45) is 5.73 Å². The molecule has 0 spiro atoms. The highest BCUT2D eigenvalue weighted by atomic mass is 35.5. The van der Waals surface area contributed by atoms with Gasteiger partial charge in [-0.1, -0.05) is 11.6 Å². The van der Waals surface area contributed by atoms with Gasteiger partial charge in [0, 0.05) is 43.0 Å². The van der Waals surface area contributed by atoms with E-state index in [-0.39, 0.29) is 0 Å². The lowest BCUT2D eigenvalue weighted by atomic mass is 10.2. The van der Waals surface area contributed by atoms with Gasteiger partial charge in [0.2, 0.25) is 11.8 Å². The van der Waals surface area contributed by atoms with Gasteiger partial charge in [0.15, 0.2) is 5.76 Å². The summed E-state index contributed by atoms with van der Waals surface area (Å²) in [4.78, 5) is 24.4. The number of oxazole rings is 1. The lowest BCUT2D eigenvalue weighted by molar-refractivity contribution is 0.1000. The van der Waals surface area contributed by atoms with Crippen LogP contribution in [0.5, 0.6) is 0 Å². The summed E-state index contributed by atoms with van der Waals surface area (Å²) in [5, 5.41) is 0.695. The number of nitrogens with two attached hydrogens (primary N) is 1. The van der Waals surface area contributed by atoms with Crippen LogP contribution in [-0.4, -0.2) is 47.0 Å². The summed E-state index contributed by atoms with van der Waals surface area (Å²) < 4.78 is 5.89. The Hall–Kier alpha value is -2.90. The van der Waals surface area contributed by atoms with E-state index in [1.54, 1.807) is 12.3 Å². The van der Waals surface area contributed by atoms with Crippen molar-refractivity contribution < 1.29 is 9.21 Å². The number of aromatic nitrogens is 2. The highest BCUT2D eigenvalue weighted by Gasteiger charge is 2.20. The Morgan fingerprint density at radius 3 is 2.43 bits per heavy atom. The minimum absolute atomic E-state index is 0.419. The number of benzene rings is 1. The Morgan fingerprint density at radius 2 is 1.79 bits per heavy atom. The number of hydrogen-bond acceptors (Lipinski definition) is 6. The second-order valence-electron chi connectivity index (χ2n) is 6.66. The van der Waals surface area contributed by atoms with Crippen LogP contribution in [0.1, 0.15) is 16.2 Å². The third kappa shape index (κ3) is 4.16. The van der Waals surface area contributed by atoms with Crippen molar-refractivity contribution in [3.63, 3.8) is 0 Å². The molecule has 1 amide bonds. The molecule has 0 saturated carbocycles. The zero-order valence-corrected chi connectivity index (χ0v) is 16.0. The number of pyridine rings is 1. The number of carbonyl (C=O) groups excluding carboxylic acids is 1. The highest BCUT2D eigenvalue weighted by molar-refractivity contribution is 6.30. The van der Waals surface area contributed by atoms with Gasteiger partial charge < -0.3 is 15.1 Å². The topological polar surface area (TPSA) is 88.5 Å². The molecule has 1 aromatic carbocycles. The van der Waals surface area contributed by atoms with Crippen molar-refractivity contribution in [3.8, 4) is 11.3 Å². The van der Waals surface area contributed by atoms with Gasteiger partial charge in [0.25, 0.3) is 0 Å². The first kappa shape index (κ1) is 18.5. The van der Waals surface area contributed by atoms with Crippen molar-refractivity contribution >= 4 is 23.3 Å². The molecule has 3 heterocycles. The second-order valence-corrected chi connectivity index (χ2v) is 7.09. The standard InChI is InChI=1S/C20H20ClN5O2/c21-16-4-1-14(2-5-16)17-12-24-19(28-17)13-25-7-9-26(10-8-25)18-6-3-15(11-23-18)20(22)27/h1-6,11-12H,7-10,13H2,(H2,22,27). The quantitative estimate of drug-likeness (QED) is 0.712. The predicted molar refractivity (Wildman–Crippen MR) is 107 cm³/mol. The number of halogens is 1. The Kier molecular flexibility index (Phi) is 5.27. The van der Waals surface area contributed by atoms with E-state index in [9.17, 15) is 4.79 Å². The van der Waals surface area contributed by atoms with E-state index in [0.29, 0.717) is 23.0 Å². The molecule has 4 rings (SSSR count). The molecule has 3 aromatic rings. The molecule has 28 heavy (non-hydrogen) atoms. The van der Waals surface area contributed by atoms with Gasteiger partial charge in [-0.3, -0.25) is 9.69 Å². The van der Waals surface area contributed by atoms with Crippen molar-refractivity contribution in [2.45, 2.75) is 6.54 Å². The van der Waals surface area contributed by atoms with Gasteiger partial charge in [-0.05, 0) is 36.4 Å². The van der Waals surface area contributed by atoms with E-state index in [2.05, 4.69) is 19.8 Å². The number of piperazine rings is 1. The fourth-order valence-corrected chi connectivity index (χ4v) is 3.30. The average Bonchev–Trinajstić information content (AvgIpc) is 3.18. The first-order valence-electron chi connectivity index (χ1n) is 9.02. The van der Waals surface area contributed by atoms with E-state index in [0.717, 1.165) is 43.3 Å². The highest BCUT2D eigenvalue weighted by Crippen LogP contribution is 2.23. The fraction of sp³-hybridized carbons (Fsp3) is 0.250. The largest absolute Gasteiger partial charge is 0.439 e. The van der Waals surface area contributed by atoms with Crippen LogP contribution in [0.25, 0.3) is 11.3 Å². The fourth-order valence-electron chi connectivity index (χ4n) is 3.18. The first-order valence-corrected chi connectivity index (χ1v) is 9.40. The van der Waals surface area contributed by atoms with Gasteiger partial charge in [-0.25, -0.2) is 9.97 Å². The molecule has 1 aliphatic rings. The number of nitrogens with zero attached hydrogens (tertiary/aromatic N) is 4. The summed E-state index contributed by atoms with van der Waals surface area (Å²) in [6.45, 7) is 4.09. The molecule has 8 heteroatoms. The molecule has 0 unspecified atom stereocenters. The van der Waals surface area contributed by atoms with E-state index >= 15 is 0 Å². The Balaban J connectivity index is 1.33. The third-order valence-electron chi connectivity index (χ3n) is 4.77. The monoisotopic (exact) mass is 397 g/mol. The average molecular weight is 398 g/mol. The number of rotatable bonds is 5. The number of primary amides is 1. The minimum Gasteiger partial charge on any atom is -0.439 e. The van der Waals surface area contributed by atoms with Gasteiger partial charge in [0.1, 0.15) is 5.82 Å². The lowest BCUT2D eigenvalue weighted by Gasteiger charge is -2.34.